The van der Waals surface area contributed by atoms with E-state index in [9.17, 15) is 24.0 Å². The molecule has 3 unspecified atom stereocenters. The maximum atomic E-state index is 12.3. The van der Waals surface area contributed by atoms with Gasteiger partial charge in [-0.05, 0) is 5.92 Å². The molecule has 0 aliphatic carbocycles. The first-order chi connectivity index (χ1) is 12.0. The summed E-state index contributed by atoms with van der Waals surface area (Å²) in [5.74, 6) is -5.83. The first-order valence-electron chi connectivity index (χ1n) is 7.68. The van der Waals surface area contributed by atoms with E-state index in [0.717, 1.165) is 0 Å². The van der Waals surface area contributed by atoms with Crippen molar-refractivity contribution in [3.63, 3.8) is 0 Å². The topological polar surface area (TPSA) is 208 Å². The van der Waals surface area contributed by atoms with Gasteiger partial charge in [0.25, 0.3) is 0 Å². The summed E-state index contributed by atoms with van der Waals surface area (Å²) in [6, 6.07) is -3.94. The van der Waals surface area contributed by atoms with E-state index in [1.54, 1.807) is 13.8 Å². The average molecular weight is 376 g/mol. The van der Waals surface area contributed by atoms with E-state index in [0.29, 0.717) is 0 Å². The fourth-order valence-corrected chi connectivity index (χ4v) is 1.81. The van der Waals surface area contributed by atoms with Gasteiger partial charge in [0, 0.05) is 0 Å². The summed E-state index contributed by atoms with van der Waals surface area (Å²) >= 11 is 0. The second kappa shape index (κ2) is 11.0. The number of carboxylic acid groups (broad SMARTS) is 2. The third-order valence-electron chi connectivity index (χ3n) is 3.21. The monoisotopic (exact) mass is 376 g/mol. The second-order valence-electron chi connectivity index (χ2n) is 5.79. The van der Waals surface area contributed by atoms with Crippen LogP contribution in [-0.4, -0.2) is 76.3 Å². The Morgan fingerprint density at radius 3 is 1.92 bits per heavy atom. The van der Waals surface area contributed by atoms with Crippen LogP contribution in [0.4, 0.5) is 0 Å². The maximum Gasteiger partial charge on any atom is 0.322 e. The van der Waals surface area contributed by atoms with E-state index in [4.69, 9.17) is 21.1 Å². The Kier molecular flexibility index (Phi) is 9.84. The lowest BCUT2D eigenvalue weighted by atomic mass is 10.0. The Morgan fingerprint density at radius 1 is 0.923 bits per heavy atom. The normalized spacial score (nSPS) is 14.0. The minimum atomic E-state index is -1.54. The van der Waals surface area contributed by atoms with Crippen LogP contribution in [0.3, 0.4) is 0 Å². The van der Waals surface area contributed by atoms with E-state index in [2.05, 4.69) is 10.6 Å². The van der Waals surface area contributed by atoms with Crippen molar-refractivity contribution >= 4 is 29.7 Å². The Balaban J connectivity index is 5.15. The number of aliphatic hydroxyl groups is 1. The van der Waals surface area contributed by atoms with Gasteiger partial charge < -0.3 is 37.0 Å². The molecule has 0 aromatic heterocycles. The molecule has 0 aliphatic rings. The van der Waals surface area contributed by atoms with Gasteiger partial charge in [-0.15, -0.1) is 0 Å². The Morgan fingerprint density at radius 2 is 1.50 bits per heavy atom. The third-order valence-corrected chi connectivity index (χ3v) is 3.21. The summed E-state index contributed by atoms with van der Waals surface area (Å²) in [5.41, 5.74) is 5.36. The van der Waals surface area contributed by atoms with Crippen molar-refractivity contribution in [1.82, 2.24) is 16.0 Å². The van der Waals surface area contributed by atoms with E-state index in [1.807, 2.05) is 5.32 Å². The lowest BCUT2D eigenvalue weighted by molar-refractivity contribution is -0.142. The zero-order valence-electron chi connectivity index (χ0n) is 14.4. The fourth-order valence-electron chi connectivity index (χ4n) is 1.81. The molecule has 0 fully saturated rings. The molecule has 0 spiro atoms. The number of carbonyl (C=O) groups excluding carboxylic acids is 3. The predicted molar refractivity (Wildman–Crippen MR) is 86.7 cm³/mol. The van der Waals surface area contributed by atoms with Crippen LogP contribution in [0.25, 0.3) is 0 Å². The van der Waals surface area contributed by atoms with Crippen molar-refractivity contribution in [1.29, 1.82) is 0 Å². The fraction of sp³-hybridized carbons (Fsp3) is 0.643. The van der Waals surface area contributed by atoms with Gasteiger partial charge in [-0.25, -0.2) is 0 Å². The Hall–Kier alpha value is -2.73. The van der Waals surface area contributed by atoms with E-state index in [-0.39, 0.29) is 0 Å². The molecule has 0 bridgehead atoms. The number of amides is 3. The number of nitrogens with two attached hydrogens (primary N) is 1. The van der Waals surface area contributed by atoms with Crippen LogP contribution in [0.1, 0.15) is 20.3 Å². The standard InChI is InChI=1S/C14H24N4O8/c1-6(2)11(18-12(24)7(15)5-19)14(26)17-8(3-9(20)21)13(25)16-4-10(22)23/h6-8,11,19H,3-5,15H2,1-2H3,(H,16,25)(H,17,26)(H,18,24)(H,20,21)(H,22,23). The highest BCUT2D eigenvalue weighted by Gasteiger charge is 2.31. The highest BCUT2D eigenvalue weighted by molar-refractivity contribution is 5.95. The molecule has 3 atom stereocenters. The molecule has 26 heavy (non-hydrogen) atoms. The van der Waals surface area contributed by atoms with Crippen LogP contribution in [-0.2, 0) is 24.0 Å². The third kappa shape index (κ3) is 8.39. The minimum absolute atomic E-state index is 0.447. The molecule has 12 nitrogen and oxygen atoms in total. The van der Waals surface area contributed by atoms with Crippen molar-refractivity contribution in [2.24, 2.45) is 11.7 Å². The number of hydrogen-bond donors (Lipinski definition) is 7. The molecule has 8 N–H and O–H groups in total. The number of hydrogen-bond acceptors (Lipinski definition) is 7. The summed E-state index contributed by atoms with van der Waals surface area (Å²) in [4.78, 5) is 57.4. The van der Waals surface area contributed by atoms with Crippen LogP contribution < -0.4 is 21.7 Å². The molecule has 0 saturated carbocycles. The number of aliphatic hydroxyl groups excluding tert-OH is 1. The van der Waals surface area contributed by atoms with Crippen molar-refractivity contribution in [2.45, 2.75) is 38.4 Å². The van der Waals surface area contributed by atoms with Crippen molar-refractivity contribution in [3.05, 3.63) is 0 Å². The van der Waals surface area contributed by atoms with Gasteiger partial charge in [0.1, 0.15) is 24.7 Å². The van der Waals surface area contributed by atoms with Crippen molar-refractivity contribution in [3.8, 4) is 0 Å². The lowest BCUT2D eigenvalue weighted by Crippen LogP contribution is -2.58. The van der Waals surface area contributed by atoms with Crippen LogP contribution in [0, 0.1) is 5.92 Å². The molecule has 3 amide bonds. The van der Waals surface area contributed by atoms with Gasteiger partial charge >= 0.3 is 11.9 Å². The van der Waals surface area contributed by atoms with Gasteiger partial charge in [-0.2, -0.15) is 0 Å². The smallest absolute Gasteiger partial charge is 0.322 e. The van der Waals surface area contributed by atoms with Gasteiger partial charge in [0.15, 0.2) is 0 Å². The van der Waals surface area contributed by atoms with Gasteiger partial charge in [-0.1, -0.05) is 13.8 Å². The average Bonchev–Trinajstić information content (AvgIpc) is 2.54. The molecule has 0 aromatic rings. The number of aliphatic carboxylic acids is 2. The number of carboxylic acids is 2. The highest BCUT2D eigenvalue weighted by Crippen LogP contribution is 2.04. The minimum Gasteiger partial charge on any atom is -0.481 e. The van der Waals surface area contributed by atoms with Crippen LogP contribution in [0.2, 0.25) is 0 Å². The molecule has 0 aromatic carbocycles. The van der Waals surface area contributed by atoms with E-state index >= 15 is 0 Å². The number of nitrogens with one attached hydrogen (secondary N) is 3. The first-order valence-corrected chi connectivity index (χ1v) is 7.68. The van der Waals surface area contributed by atoms with Gasteiger partial charge in [0.05, 0.1) is 13.0 Å². The maximum absolute atomic E-state index is 12.3. The highest BCUT2D eigenvalue weighted by atomic mass is 16.4. The zero-order chi connectivity index (χ0) is 20.4. The molecule has 12 heteroatoms. The summed E-state index contributed by atoms with van der Waals surface area (Å²) in [7, 11) is 0. The number of carbonyl (C=O) groups is 5. The first kappa shape index (κ1) is 23.3. The summed E-state index contributed by atoms with van der Waals surface area (Å²) in [6.45, 7) is 1.79. The molecule has 0 rings (SSSR count). The number of rotatable bonds is 11. The van der Waals surface area contributed by atoms with E-state index < -0.39 is 73.3 Å². The van der Waals surface area contributed by atoms with Crippen LogP contribution in [0.5, 0.6) is 0 Å². The van der Waals surface area contributed by atoms with Crippen LogP contribution in [0.15, 0.2) is 0 Å². The van der Waals surface area contributed by atoms with Crippen molar-refractivity contribution in [2.75, 3.05) is 13.2 Å². The van der Waals surface area contributed by atoms with Crippen molar-refractivity contribution < 1.29 is 39.3 Å². The van der Waals surface area contributed by atoms with Gasteiger partial charge in [-0.3, -0.25) is 24.0 Å². The molecule has 0 aliphatic heterocycles. The Labute approximate surface area is 149 Å². The van der Waals surface area contributed by atoms with Gasteiger partial charge in [0.2, 0.25) is 17.7 Å². The molecular formula is C14H24N4O8. The largest absolute Gasteiger partial charge is 0.481 e. The quantitative estimate of drug-likeness (QED) is 0.191. The van der Waals surface area contributed by atoms with E-state index in [1.165, 1.54) is 0 Å². The molecular weight excluding hydrogens is 352 g/mol. The second-order valence-corrected chi connectivity index (χ2v) is 5.79. The lowest BCUT2D eigenvalue weighted by Gasteiger charge is -2.25. The molecule has 0 radical (unpaired) electrons. The van der Waals surface area contributed by atoms with Crippen LogP contribution >= 0.6 is 0 Å². The SMILES string of the molecule is CC(C)C(NC(=O)C(N)CO)C(=O)NC(CC(=O)O)C(=O)NCC(=O)O. The Bertz CT molecular complexity index is 551. The molecule has 148 valence electrons. The zero-order valence-corrected chi connectivity index (χ0v) is 14.4. The molecule has 0 heterocycles. The summed E-state index contributed by atoms with van der Waals surface area (Å²) < 4.78 is 0. The predicted octanol–water partition coefficient (Wildman–Crippen LogP) is -3.39. The summed E-state index contributed by atoms with van der Waals surface area (Å²) in [6.07, 6.45) is -0.786. The summed E-state index contributed by atoms with van der Waals surface area (Å²) in [5, 5.41) is 32.7. The molecule has 0 saturated heterocycles.